The summed E-state index contributed by atoms with van der Waals surface area (Å²) >= 11 is 0. The smallest absolute Gasteiger partial charge is 0.255 e. The van der Waals surface area contributed by atoms with E-state index in [1.165, 1.54) is 13.2 Å². The molecule has 3 aromatic rings. The Morgan fingerprint density at radius 2 is 1.74 bits per heavy atom. The molecule has 6 nitrogen and oxygen atoms in total. The topological polar surface area (TPSA) is 71.7 Å². The van der Waals surface area contributed by atoms with E-state index in [1.54, 1.807) is 18.5 Å². The number of carbonyl (C=O) groups excluding carboxylic acids is 1. The first-order chi connectivity index (χ1) is 16.3. The van der Waals surface area contributed by atoms with E-state index in [0.29, 0.717) is 11.6 Å². The van der Waals surface area contributed by atoms with Gasteiger partial charge in [0.05, 0.1) is 7.11 Å². The van der Waals surface area contributed by atoms with Gasteiger partial charge in [0.1, 0.15) is 17.1 Å². The molecule has 1 amide bonds. The number of anilines is 1. The second-order valence-electron chi connectivity index (χ2n) is 8.63. The molecule has 0 atom stereocenters. The Bertz CT molecular complexity index is 1240. The summed E-state index contributed by atoms with van der Waals surface area (Å²) in [5, 5.41) is 0. The summed E-state index contributed by atoms with van der Waals surface area (Å²) in [5.41, 5.74) is 10.4. The molecule has 7 heteroatoms. The third-order valence-corrected chi connectivity index (χ3v) is 6.26. The fourth-order valence-electron chi connectivity index (χ4n) is 4.26. The highest BCUT2D eigenvalue weighted by Gasteiger charge is 2.19. The molecule has 2 aromatic carbocycles. The first-order valence-electron chi connectivity index (χ1n) is 11.2. The van der Waals surface area contributed by atoms with Crippen LogP contribution in [0.2, 0.25) is 0 Å². The molecule has 0 aliphatic carbocycles. The van der Waals surface area contributed by atoms with E-state index in [2.05, 4.69) is 65.3 Å². The standard InChI is InChI=1S/C27H29FN4O2/c1-17(2)31-9-11-32(12-10-31)21-7-5-19(6-8-21)22-15-30-16-23(18(22)3)20-13-24(28)26(27(29)33)25(14-20)34-4/h5-9,11,13-17H,10,12H2,1-4H3,(H2,29,33). The van der Waals surface area contributed by atoms with E-state index in [0.717, 1.165) is 41.0 Å². The summed E-state index contributed by atoms with van der Waals surface area (Å²) in [7, 11) is 1.38. The number of aromatic nitrogens is 1. The van der Waals surface area contributed by atoms with Crippen molar-refractivity contribution in [2.75, 3.05) is 25.1 Å². The van der Waals surface area contributed by atoms with Crippen molar-refractivity contribution in [2.45, 2.75) is 26.8 Å². The Labute approximate surface area is 199 Å². The quantitative estimate of drug-likeness (QED) is 0.562. The minimum absolute atomic E-state index is 0.0993. The predicted molar refractivity (Wildman–Crippen MR) is 133 cm³/mol. The van der Waals surface area contributed by atoms with Gasteiger partial charge < -0.3 is 20.3 Å². The first kappa shape index (κ1) is 23.3. The normalized spacial score (nSPS) is 13.5. The van der Waals surface area contributed by atoms with Gasteiger partial charge in [0.2, 0.25) is 0 Å². The van der Waals surface area contributed by atoms with Crippen molar-refractivity contribution in [1.82, 2.24) is 9.88 Å². The molecule has 2 heterocycles. The van der Waals surface area contributed by atoms with E-state index < -0.39 is 11.7 Å². The Morgan fingerprint density at radius 1 is 1.06 bits per heavy atom. The maximum absolute atomic E-state index is 14.7. The number of primary amides is 1. The highest BCUT2D eigenvalue weighted by atomic mass is 19.1. The molecule has 34 heavy (non-hydrogen) atoms. The van der Waals surface area contributed by atoms with Gasteiger partial charge in [-0.2, -0.15) is 0 Å². The predicted octanol–water partition coefficient (Wildman–Crippen LogP) is 4.97. The molecule has 176 valence electrons. The monoisotopic (exact) mass is 460 g/mol. The van der Waals surface area contributed by atoms with Crippen LogP contribution in [0, 0.1) is 12.7 Å². The maximum atomic E-state index is 14.7. The van der Waals surface area contributed by atoms with Crippen molar-refractivity contribution in [1.29, 1.82) is 0 Å². The molecule has 0 saturated carbocycles. The van der Waals surface area contributed by atoms with Crippen molar-refractivity contribution in [3.63, 3.8) is 0 Å². The molecule has 2 N–H and O–H groups in total. The summed E-state index contributed by atoms with van der Waals surface area (Å²) in [4.78, 5) is 20.6. The number of amides is 1. The van der Waals surface area contributed by atoms with Gasteiger partial charge in [-0.25, -0.2) is 4.39 Å². The van der Waals surface area contributed by atoms with Crippen LogP contribution < -0.4 is 15.4 Å². The minimum Gasteiger partial charge on any atom is -0.496 e. The number of hydrogen-bond acceptors (Lipinski definition) is 5. The van der Waals surface area contributed by atoms with Gasteiger partial charge in [-0.05, 0) is 61.7 Å². The molecule has 0 saturated heterocycles. The number of pyridine rings is 1. The van der Waals surface area contributed by atoms with Crippen LogP contribution in [0.1, 0.15) is 29.8 Å². The van der Waals surface area contributed by atoms with E-state index in [4.69, 9.17) is 10.5 Å². The van der Waals surface area contributed by atoms with Crippen molar-refractivity contribution < 1.29 is 13.9 Å². The second kappa shape index (κ2) is 9.55. The van der Waals surface area contributed by atoms with E-state index in [-0.39, 0.29) is 11.3 Å². The summed E-state index contributed by atoms with van der Waals surface area (Å²) in [5.74, 6) is -1.49. The fraction of sp³-hybridized carbons (Fsp3) is 0.259. The molecule has 1 aliphatic heterocycles. The summed E-state index contributed by atoms with van der Waals surface area (Å²) < 4.78 is 19.9. The van der Waals surface area contributed by atoms with E-state index >= 15 is 0 Å². The van der Waals surface area contributed by atoms with Crippen LogP contribution in [0.5, 0.6) is 5.75 Å². The summed E-state index contributed by atoms with van der Waals surface area (Å²) in [6.45, 7) is 8.26. The van der Waals surface area contributed by atoms with Crippen molar-refractivity contribution >= 4 is 11.6 Å². The van der Waals surface area contributed by atoms with Crippen LogP contribution in [0.15, 0.2) is 61.2 Å². The Kier molecular flexibility index (Phi) is 6.54. The third-order valence-electron chi connectivity index (χ3n) is 6.26. The lowest BCUT2D eigenvalue weighted by Crippen LogP contribution is -2.38. The van der Waals surface area contributed by atoms with Gasteiger partial charge in [0.25, 0.3) is 5.91 Å². The number of rotatable bonds is 6. The molecule has 0 fully saturated rings. The lowest BCUT2D eigenvalue weighted by atomic mass is 9.94. The van der Waals surface area contributed by atoms with Gasteiger partial charge >= 0.3 is 0 Å². The SMILES string of the molecule is COc1cc(-c2cncc(-c3ccc(N4C=CN(C(C)C)CC4)cc3)c2C)cc(F)c1C(N)=O. The number of nitrogens with two attached hydrogens (primary N) is 1. The lowest BCUT2D eigenvalue weighted by molar-refractivity contribution is 0.0993. The average molecular weight is 461 g/mol. The molecule has 0 radical (unpaired) electrons. The second-order valence-corrected chi connectivity index (χ2v) is 8.63. The van der Waals surface area contributed by atoms with E-state index in [1.807, 2.05) is 6.92 Å². The first-order valence-corrected chi connectivity index (χ1v) is 11.2. The van der Waals surface area contributed by atoms with Gasteiger partial charge in [-0.1, -0.05) is 12.1 Å². The van der Waals surface area contributed by atoms with Crippen LogP contribution in [0.25, 0.3) is 22.3 Å². The van der Waals surface area contributed by atoms with Crippen LogP contribution in [-0.2, 0) is 0 Å². The molecular formula is C27H29FN4O2. The number of halogens is 1. The van der Waals surface area contributed by atoms with E-state index in [9.17, 15) is 9.18 Å². The third kappa shape index (κ3) is 4.46. The largest absolute Gasteiger partial charge is 0.496 e. The zero-order chi connectivity index (χ0) is 24.4. The highest BCUT2D eigenvalue weighted by Crippen LogP contribution is 2.35. The molecule has 1 aromatic heterocycles. The lowest BCUT2D eigenvalue weighted by Gasteiger charge is -2.33. The minimum atomic E-state index is -0.870. The summed E-state index contributed by atoms with van der Waals surface area (Å²) in [6.07, 6.45) is 7.74. The van der Waals surface area contributed by atoms with Crippen LogP contribution in [0.4, 0.5) is 10.1 Å². The Hall–Kier alpha value is -3.87. The zero-order valence-electron chi connectivity index (χ0n) is 19.9. The highest BCUT2D eigenvalue weighted by molar-refractivity contribution is 5.97. The molecule has 1 aliphatic rings. The van der Waals surface area contributed by atoms with Crippen molar-refractivity contribution in [3.8, 4) is 28.0 Å². The fourth-order valence-corrected chi connectivity index (χ4v) is 4.26. The zero-order valence-corrected chi connectivity index (χ0v) is 19.9. The van der Waals surface area contributed by atoms with Crippen LogP contribution in [0.3, 0.4) is 0 Å². The molecule has 0 unspecified atom stereocenters. The Morgan fingerprint density at radius 3 is 2.29 bits per heavy atom. The number of methoxy groups -OCH3 is 1. The summed E-state index contributed by atoms with van der Waals surface area (Å²) in [6, 6.07) is 11.7. The molecule has 0 spiro atoms. The molecular weight excluding hydrogens is 431 g/mol. The van der Waals surface area contributed by atoms with Crippen LogP contribution in [-0.4, -0.2) is 42.0 Å². The molecule has 4 rings (SSSR count). The number of hydrogen-bond donors (Lipinski definition) is 1. The average Bonchev–Trinajstić information content (AvgIpc) is 2.83. The maximum Gasteiger partial charge on any atom is 0.255 e. The van der Waals surface area contributed by atoms with Gasteiger partial charge in [-0.3, -0.25) is 9.78 Å². The number of carbonyl (C=O) groups is 1. The van der Waals surface area contributed by atoms with Gasteiger partial charge in [0.15, 0.2) is 0 Å². The van der Waals surface area contributed by atoms with Gasteiger partial charge in [0, 0.05) is 60.7 Å². The number of benzene rings is 2. The van der Waals surface area contributed by atoms with Gasteiger partial charge in [-0.15, -0.1) is 0 Å². The van der Waals surface area contributed by atoms with Crippen molar-refractivity contribution in [3.05, 3.63) is 78.1 Å². The number of ether oxygens (including phenoxy) is 1. The van der Waals surface area contributed by atoms with Crippen LogP contribution >= 0.6 is 0 Å². The molecule has 0 bridgehead atoms. The number of nitrogens with zero attached hydrogens (tertiary/aromatic N) is 3. The van der Waals surface area contributed by atoms with Crippen molar-refractivity contribution in [2.24, 2.45) is 5.73 Å². The Balaban J connectivity index is 1.65.